The molecule has 0 aliphatic heterocycles. The SMILES string of the molecule is CC(C)(C)c1cc(C2(C(F)F)CC2)no1. The van der Waals surface area contributed by atoms with Crippen LogP contribution < -0.4 is 0 Å². The molecule has 4 heteroatoms. The van der Waals surface area contributed by atoms with Crippen molar-refractivity contribution < 1.29 is 13.3 Å². The van der Waals surface area contributed by atoms with Crippen molar-refractivity contribution in [1.82, 2.24) is 5.16 Å². The molecule has 15 heavy (non-hydrogen) atoms. The summed E-state index contributed by atoms with van der Waals surface area (Å²) in [6.45, 7) is 5.91. The van der Waals surface area contributed by atoms with Gasteiger partial charge in [0, 0.05) is 11.5 Å². The second kappa shape index (κ2) is 3.03. The molecule has 0 atom stereocenters. The summed E-state index contributed by atoms with van der Waals surface area (Å²) in [5, 5.41) is 3.78. The van der Waals surface area contributed by atoms with Gasteiger partial charge in [-0.3, -0.25) is 0 Å². The maximum absolute atomic E-state index is 12.8. The van der Waals surface area contributed by atoms with Crippen molar-refractivity contribution >= 4 is 0 Å². The van der Waals surface area contributed by atoms with Crippen molar-refractivity contribution in [2.75, 3.05) is 0 Å². The molecule has 0 spiro atoms. The van der Waals surface area contributed by atoms with E-state index in [4.69, 9.17) is 4.52 Å². The zero-order valence-electron chi connectivity index (χ0n) is 9.18. The Morgan fingerprint density at radius 3 is 2.33 bits per heavy atom. The number of aromatic nitrogens is 1. The highest BCUT2D eigenvalue weighted by atomic mass is 19.3. The molecule has 0 N–H and O–H groups in total. The lowest BCUT2D eigenvalue weighted by Gasteiger charge is -2.12. The van der Waals surface area contributed by atoms with E-state index in [1.165, 1.54) is 0 Å². The van der Waals surface area contributed by atoms with E-state index in [1.807, 2.05) is 20.8 Å². The molecule has 0 bridgehead atoms. The highest BCUT2D eigenvalue weighted by Gasteiger charge is 2.55. The average molecular weight is 215 g/mol. The van der Waals surface area contributed by atoms with Gasteiger partial charge in [-0.1, -0.05) is 25.9 Å². The molecular weight excluding hydrogens is 200 g/mol. The third-order valence-corrected chi connectivity index (χ3v) is 2.97. The quantitative estimate of drug-likeness (QED) is 0.756. The van der Waals surface area contributed by atoms with Gasteiger partial charge in [0.25, 0.3) is 0 Å². The Morgan fingerprint density at radius 2 is 2.00 bits per heavy atom. The molecule has 0 amide bonds. The van der Waals surface area contributed by atoms with Gasteiger partial charge in [-0.25, -0.2) is 8.78 Å². The van der Waals surface area contributed by atoms with Gasteiger partial charge in [0.2, 0.25) is 6.43 Å². The van der Waals surface area contributed by atoms with Crippen LogP contribution in [0, 0.1) is 0 Å². The molecule has 1 aromatic rings. The minimum absolute atomic E-state index is 0.177. The van der Waals surface area contributed by atoms with E-state index in [1.54, 1.807) is 6.07 Å². The summed E-state index contributed by atoms with van der Waals surface area (Å²) in [5.41, 5.74) is -0.765. The highest BCUT2D eigenvalue weighted by molar-refractivity contribution is 5.27. The topological polar surface area (TPSA) is 26.0 Å². The Labute approximate surface area is 87.6 Å². The van der Waals surface area contributed by atoms with Crippen LogP contribution in [0.3, 0.4) is 0 Å². The van der Waals surface area contributed by atoms with E-state index in [0.29, 0.717) is 24.3 Å². The standard InChI is InChI=1S/C11H15F2NO/c1-10(2,3)8-6-7(14-15-8)11(4-5-11)9(12)13/h6,9H,4-5H2,1-3H3. The zero-order valence-corrected chi connectivity index (χ0v) is 9.18. The third-order valence-electron chi connectivity index (χ3n) is 2.97. The van der Waals surface area contributed by atoms with Crippen LogP contribution in [0.25, 0.3) is 0 Å². The van der Waals surface area contributed by atoms with Gasteiger partial charge < -0.3 is 4.52 Å². The van der Waals surface area contributed by atoms with E-state index in [0.717, 1.165) is 0 Å². The van der Waals surface area contributed by atoms with E-state index in [-0.39, 0.29) is 5.41 Å². The fourth-order valence-electron chi connectivity index (χ4n) is 1.58. The van der Waals surface area contributed by atoms with Crippen LogP contribution in [0.5, 0.6) is 0 Å². The van der Waals surface area contributed by atoms with E-state index < -0.39 is 11.8 Å². The lowest BCUT2D eigenvalue weighted by atomic mass is 9.92. The minimum Gasteiger partial charge on any atom is -0.361 e. The fourth-order valence-corrected chi connectivity index (χ4v) is 1.58. The number of hydrogen-bond donors (Lipinski definition) is 0. The molecule has 1 heterocycles. The molecule has 1 saturated carbocycles. The summed E-state index contributed by atoms with van der Waals surface area (Å²) < 4.78 is 30.7. The number of alkyl halides is 2. The van der Waals surface area contributed by atoms with Gasteiger partial charge in [0.1, 0.15) is 5.76 Å². The summed E-state index contributed by atoms with van der Waals surface area (Å²) >= 11 is 0. The molecule has 2 nitrogen and oxygen atoms in total. The lowest BCUT2D eigenvalue weighted by molar-refractivity contribution is 0.0979. The first-order chi connectivity index (χ1) is 6.86. The van der Waals surface area contributed by atoms with Crippen molar-refractivity contribution in [1.29, 1.82) is 0 Å². The van der Waals surface area contributed by atoms with Crippen LogP contribution in [0.4, 0.5) is 8.78 Å². The van der Waals surface area contributed by atoms with Crippen LogP contribution in [-0.2, 0) is 10.8 Å². The number of nitrogens with zero attached hydrogens (tertiary/aromatic N) is 1. The second-order valence-corrected chi connectivity index (χ2v) is 5.28. The lowest BCUT2D eigenvalue weighted by Crippen LogP contribution is -2.17. The maximum atomic E-state index is 12.8. The average Bonchev–Trinajstić information content (AvgIpc) is 2.75. The molecule has 1 aliphatic carbocycles. The molecule has 1 aliphatic rings. The molecule has 1 fully saturated rings. The summed E-state index contributed by atoms with van der Waals surface area (Å²) in [6.07, 6.45) is -1.31. The van der Waals surface area contributed by atoms with Gasteiger partial charge in [0.05, 0.1) is 11.1 Å². The van der Waals surface area contributed by atoms with Gasteiger partial charge in [-0.2, -0.15) is 0 Å². The normalized spacial score (nSPS) is 19.6. The number of rotatable bonds is 2. The first kappa shape index (κ1) is 10.6. The Hall–Kier alpha value is -0.930. The van der Waals surface area contributed by atoms with E-state index in [2.05, 4.69) is 5.16 Å². The molecule has 0 saturated heterocycles. The smallest absolute Gasteiger partial charge is 0.249 e. The van der Waals surface area contributed by atoms with Gasteiger partial charge in [-0.15, -0.1) is 0 Å². The van der Waals surface area contributed by atoms with Crippen molar-refractivity contribution in [2.24, 2.45) is 0 Å². The zero-order chi connectivity index (χ0) is 11.3. The van der Waals surface area contributed by atoms with Crippen LogP contribution in [0.1, 0.15) is 45.1 Å². The van der Waals surface area contributed by atoms with Crippen molar-refractivity contribution in [2.45, 2.75) is 50.9 Å². The van der Waals surface area contributed by atoms with Crippen LogP contribution in [-0.4, -0.2) is 11.6 Å². The predicted molar refractivity (Wildman–Crippen MR) is 52.1 cm³/mol. The molecule has 0 aromatic carbocycles. The minimum atomic E-state index is -2.34. The van der Waals surface area contributed by atoms with Gasteiger partial charge in [-0.05, 0) is 12.8 Å². The fraction of sp³-hybridized carbons (Fsp3) is 0.727. The van der Waals surface area contributed by atoms with E-state index >= 15 is 0 Å². The Kier molecular flexibility index (Phi) is 2.14. The first-order valence-electron chi connectivity index (χ1n) is 5.12. The Bertz CT molecular complexity index is 361. The molecular formula is C11H15F2NO. The summed E-state index contributed by atoms with van der Waals surface area (Å²) in [4.78, 5) is 0. The van der Waals surface area contributed by atoms with Crippen LogP contribution in [0.2, 0.25) is 0 Å². The third kappa shape index (κ3) is 1.66. The molecule has 2 rings (SSSR count). The van der Waals surface area contributed by atoms with Gasteiger partial charge in [0.15, 0.2) is 0 Å². The Morgan fingerprint density at radius 1 is 1.40 bits per heavy atom. The number of halogens is 2. The van der Waals surface area contributed by atoms with E-state index in [9.17, 15) is 8.78 Å². The van der Waals surface area contributed by atoms with Crippen molar-refractivity contribution in [3.63, 3.8) is 0 Å². The molecule has 0 unspecified atom stereocenters. The van der Waals surface area contributed by atoms with Crippen molar-refractivity contribution in [3.05, 3.63) is 17.5 Å². The summed E-state index contributed by atoms with van der Waals surface area (Å²) in [5.74, 6) is 0.671. The molecule has 0 radical (unpaired) electrons. The molecule has 1 aromatic heterocycles. The second-order valence-electron chi connectivity index (χ2n) is 5.28. The Balaban J connectivity index is 2.29. The summed E-state index contributed by atoms with van der Waals surface area (Å²) in [6, 6.07) is 1.68. The first-order valence-corrected chi connectivity index (χ1v) is 5.12. The number of hydrogen-bond acceptors (Lipinski definition) is 2. The largest absolute Gasteiger partial charge is 0.361 e. The highest BCUT2D eigenvalue weighted by Crippen LogP contribution is 2.52. The monoisotopic (exact) mass is 215 g/mol. The van der Waals surface area contributed by atoms with Crippen LogP contribution in [0.15, 0.2) is 10.6 Å². The van der Waals surface area contributed by atoms with Crippen LogP contribution >= 0.6 is 0 Å². The van der Waals surface area contributed by atoms with Crippen molar-refractivity contribution in [3.8, 4) is 0 Å². The predicted octanol–water partition coefficient (Wildman–Crippen LogP) is 3.27. The maximum Gasteiger partial charge on any atom is 0.249 e. The van der Waals surface area contributed by atoms with Gasteiger partial charge >= 0.3 is 0 Å². The summed E-state index contributed by atoms with van der Waals surface area (Å²) in [7, 11) is 0. The molecule has 84 valence electrons.